The van der Waals surface area contributed by atoms with Gasteiger partial charge in [0.05, 0.1) is 0 Å². The molecule has 0 aliphatic carbocycles. The molecular weight excluding hydrogens is 244 g/mol. The van der Waals surface area contributed by atoms with E-state index in [0.717, 1.165) is 24.6 Å². The molecule has 0 heterocycles. The molecule has 0 saturated heterocycles. The molecule has 1 rings (SSSR count). The Balaban J connectivity index is 2.50. The van der Waals surface area contributed by atoms with Crippen LogP contribution in [-0.4, -0.2) is 12.1 Å². The normalized spacial score (nSPS) is 12.8. The summed E-state index contributed by atoms with van der Waals surface area (Å²) in [7, 11) is 0. The van der Waals surface area contributed by atoms with Gasteiger partial charge in [-0.05, 0) is 58.7 Å². The van der Waals surface area contributed by atoms with Crippen LogP contribution in [0.2, 0.25) is 0 Å². The minimum absolute atomic E-state index is 0.108. The first kappa shape index (κ1) is 15.8. The maximum absolute atomic E-state index is 13.5. The van der Waals surface area contributed by atoms with Crippen molar-refractivity contribution in [3.05, 3.63) is 47.0 Å². The fraction of sp³-hybridized carbons (Fsp3) is 0.500. The smallest absolute Gasteiger partial charge is 0.162 e. The molecule has 0 fully saturated rings. The van der Waals surface area contributed by atoms with Crippen molar-refractivity contribution in [3.63, 3.8) is 0 Å². The molecule has 1 N–H and O–H groups in total. The van der Waals surface area contributed by atoms with Crippen LogP contribution in [0, 0.1) is 11.6 Å². The average Bonchev–Trinajstić information content (AvgIpc) is 2.29. The molecule has 1 aromatic carbocycles. The van der Waals surface area contributed by atoms with E-state index < -0.39 is 11.6 Å². The first-order valence-electron chi connectivity index (χ1n) is 6.63. The number of allylic oxidation sites excluding steroid dienone is 1. The number of hydrogen-bond donors (Lipinski definition) is 1. The molecule has 0 unspecified atom stereocenters. The molecule has 0 aliphatic heterocycles. The summed E-state index contributed by atoms with van der Waals surface area (Å²) in [4.78, 5) is 0. The van der Waals surface area contributed by atoms with Crippen molar-refractivity contribution in [3.8, 4) is 0 Å². The number of nitrogens with one attached hydrogen (secondary N) is 1. The number of rotatable bonds is 5. The van der Waals surface area contributed by atoms with Gasteiger partial charge in [-0.15, -0.1) is 0 Å². The van der Waals surface area contributed by atoms with E-state index in [1.54, 1.807) is 12.1 Å². The zero-order valence-electron chi connectivity index (χ0n) is 12.2. The zero-order valence-corrected chi connectivity index (χ0v) is 12.2. The van der Waals surface area contributed by atoms with Crippen molar-refractivity contribution in [2.24, 2.45) is 0 Å². The van der Waals surface area contributed by atoms with Gasteiger partial charge in [0.15, 0.2) is 11.6 Å². The summed E-state index contributed by atoms with van der Waals surface area (Å²) in [5, 5.41) is 3.38. The Labute approximate surface area is 114 Å². The predicted octanol–water partition coefficient (Wildman–Crippen LogP) is 4.23. The van der Waals surface area contributed by atoms with Crippen LogP contribution in [0.1, 0.15) is 39.7 Å². The summed E-state index contributed by atoms with van der Waals surface area (Å²) in [6, 6.07) is 4.32. The highest BCUT2D eigenvalue weighted by atomic mass is 19.2. The minimum atomic E-state index is -0.778. The summed E-state index contributed by atoms with van der Waals surface area (Å²) in [5.41, 5.74) is 1.58. The standard InChI is InChI=1S/C16H23F2N/c1-12(7-6-10-19-16(2,3)4)11-13-8-5-9-14(17)15(13)18/h5,7-9,19H,6,10-11H2,1-4H3. The van der Waals surface area contributed by atoms with E-state index >= 15 is 0 Å². The maximum atomic E-state index is 13.5. The van der Waals surface area contributed by atoms with Crippen LogP contribution in [0.25, 0.3) is 0 Å². The average molecular weight is 267 g/mol. The van der Waals surface area contributed by atoms with Crippen molar-refractivity contribution in [2.45, 2.75) is 46.1 Å². The van der Waals surface area contributed by atoms with Gasteiger partial charge in [0.2, 0.25) is 0 Å². The second-order valence-corrected chi connectivity index (χ2v) is 5.91. The summed E-state index contributed by atoms with van der Waals surface area (Å²) in [6.07, 6.45) is 3.42. The molecule has 0 amide bonds. The molecular formula is C16H23F2N. The molecule has 0 bridgehead atoms. The van der Waals surface area contributed by atoms with E-state index in [9.17, 15) is 8.78 Å². The van der Waals surface area contributed by atoms with Crippen LogP contribution in [-0.2, 0) is 6.42 Å². The molecule has 1 aromatic rings. The quantitative estimate of drug-likeness (QED) is 0.622. The SMILES string of the molecule is CC(=CCCNC(C)(C)C)Cc1cccc(F)c1F. The van der Waals surface area contributed by atoms with Crippen LogP contribution < -0.4 is 5.32 Å². The number of benzene rings is 1. The molecule has 0 aliphatic rings. The Bertz CT molecular complexity index is 445. The summed E-state index contributed by atoms with van der Waals surface area (Å²) in [6.45, 7) is 9.18. The third kappa shape index (κ3) is 5.97. The molecule has 106 valence electrons. The zero-order chi connectivity index (χ0) is 14.5. The van der Waals surface area contributed by atoms with Crippen LogP contribution in [0.3, 0.4) is 0 Å². The molecule has 0 aromatic heterocycles. The fourth-order valence-electron chi connectivity index (χ4n) is 1.82. The van der Waals surface area contributed by atoms with Gasteiger partial charge in [-0.1, -0.05) is 23.8 Å². The minimum Gasteiger partial charge on any atom is -0.312 e. The molecule has 0 saturated carbocycles. The van der Waals surface area contributed by atoms with Crippen LogP contribution in [0.5, 0.6) is 0 Å². The Kier molecular flexibility index (Phi) is 5.67. The van der Waals surface area contributed by atoms with Gasteiger partial charge in [0, 0.05) is 5.54 Å². The van der Waals surface area contributed by atoms with E-state index in [-0.39, 0.29) is 5.54 Å². The first-order chi connectivity index (χ1) is 8.79. The van der Waals surface area contributed by atoms with Crippen LogP contribution in [0.15, 0.2) is 29.8 Å². The third-order valence-corrected chi connectivity index (χ3v) is 2.79. The van der Waals surface area contributed by atoms with Gasteiger partial charge in [-0.3, -0.25) is 0 Å². The molecule has 0 spiro atoms. The number of hydrogen-bond acceptors (Lipinski definition) is 1. The highest BCUT2D eigenvalue weighted by Crippen LogP contribution is 2.15. The summed E-state index contributed by atoms with van der Waals surface area (Å²) < 4.78 is 26.6. The molecule has 0 atom stereocenters. The van der Waals surface area contributed by atoms with E-state index in [0.29, 0.717) is 12.0 Å². The molecule has 1 nitrogen and oxygen atoms in total. The van der Waals surface area contributed by atoms with E-state index in [4.69, 9.17) is 0 Å². The second kappa shape index (κ2) is 6.80. The summed E-state index contributed by atoms with van der Waals surface area (Å²) in [5.74, 6) is -1.51. The van der Waals surface area contributed by atoms with Crippen molar-refractivity contribution in [1.82, 2.24) is 5.32 Å². The van der Waals surface area contributed by atoms with E-state index in [1.165, 1.54) is 0 Å². The highest BCUT2D eigenvalue weighted by Gasteiger charge is 2.08. The Morgan fingerprint density at radius 2 is 1.95 bits per heavy atom. The largest absolute Gasteiger partial charge is 0.312 e. The van der Waals surface area contributed by atoms with Gasteiger partial charge < -0.3 is 5.32 Å². The molecule has 3 heteroatoms. The lowest BCUT2D eigenvalue weighted by Gasteiger charge is -2.19. The van der Waals surface area contributed by atoms with Crippen molar-refractivity contribution < 1.29 is 8.78 Å². The van der Waals surface area contributed by atoms with Gasteiger partial charge in [-0.25, -0.2) is 8.78 Å². The van der Waals surface area contributed by atoms with Crippen molar-refractivity contribution >= 4 is 0 Å². The lowest BCUT2D eigenvalue weighted by molar-refractivity contribution is 0.431. The lowest BCUT2D eigenvalue weighted by atomic mass is 10.0. The topological polar surface area (TPSA) is 12.0 Å². The van der Waals surface area contributed by atoms with Gasteiger partial charge in [0.25, 0.3) is 0 Å². The summed E-state index contributed by atoms with van der Waals surface area (Å²) >= 11 is 0. The Hall–Kier alpha value is -1.22. The lowest BCUT2D eigenvalue weighted by Crippen LogP contribution is -2.36. The second-order valence-electron chi connectivity index (χ2n) is 5.91. The molecule has 0 radical (unpaired) electrons. The monoisotopic (exact) mass is 267 g/mol. The van der Waals surface area contributed by atoms with Crippen molar-refractivity contribution in [1.29, 1.82) is 0 Å². The maximum Gasteiger partial charge on any atom is 0.162 e. The first-order valence-corrected chi connectivity index (χ1v) is 6.63. The molecule has 19 heavy (non-hydrogen) atoms. The van der Waals surface area contributed by atoms with Gasteiger partial charge in [-0.2, -0.15) is 0 Å². The van der Waals surface area contributed by atoms with Crippen molar-refractivity contribution in [2.75, 3.05) is 6.54 Å². The van der Waals surface area contributed by atoms with Crippen LogP contribution in [0.4, 0.5) is 8.78 Å². The van der Waals surface area contributed by atoms with Gasteiger partial charge in [0.1, 0.15) is 0 Å². The Morgan fingerprint density at radius 1 is 1.26 bits per heavy atom. The fourth-order valence-corrected chi connectivity index (χ4v) is 1.82. The van der Waals surface area contributed by atoms with Crippen LogP contribution >= 0.6 is 0 Å². The number of halogens is 2. The third-order valence-electron chi connectivity index (χ3n) is 2.79. The highest BCUT2D eigenvalue weighted by molar-refractivity contribution is 5.23. The van der Waals surface area contributed by atoms with E-state index in [1.807, 2.05) is 6.92 Å². The Morgan fingerprint density at radius 3 is 2.58 bits per heavy atom. The van der Waals surface area contributed by atoms with E-state index in [2.05, 4.69) is 32.2 Å². The predicted molar refractivity (Wildman–Crippen MR) is 76.2 cm³/mol. The van der Waals surface area contributed by atoms with Gasteiger partial charge >= 0.3 is 0 Å².